The van der Waals surface area contributed by atoms with Crippen LogP contribution in [0.4, 0.5) is 18.0 Å². The lowest BCUT2D eigenvalue weighted by Gasteiger charge is -2.29. The van der Waals surface area contributed by atoms with Gasteiger partial charge in [0.25, 0.3) is 0 Å². The van der Waals surface area contributed by atoms with Gasteiger partial charge in [0.15, 0.2) is 0 Å². The molecule has 0 aromatic heterocycles. The van der Waals surface area contributed by atoms with Gasteiger partial charge in [0.2, 0.25) is 5.54 Å². The van der Waals surface area contributed by atoms with Gasteiger partial charge in [-0.25, -0.2) is 18.6 Å². The van der Waals surface area contributed by atoms with Crippen LogP contribution in [-0.4, -0.2) is 45.1 Å². The van der Waals surface area contributed by atoms with Crippen LogP contribution >= 0.6 is 0 Å². The number of carboxylic acid groups (broad SMARTS) is 1. The van der Waals surface area contributed by atoms with Crippen LogP contribution in [-0.2, 0) is 42.5 Å². The molecule has 0 heterocycles. The first kappa shape index (κ1) is 31.8. The number of hydrogen-bond acceptors (Lipinski definition) is 6. The second-order valence-corrected chi connectivity index (χ2v) is 11.3. The highest BCUT2D eigenvalue weighted by atomic mass is 32.2. The zero-order valence-corrected chi connectivity index (χ0v) is 23.1. The second kappa shape index (κ2) is 12.6. The summed E-state index contributed by atoms with van der Waals surface area (Å²) in [6.07, 6.45) is -5.55. The van der Waals surface area contributed by atoms with Crippen LogP contribution in [0, 0.1) is 6.92 Å². The number of esters is 1. The smallest absolute Gasteiger partial charge is 0.416 e. The van der Waals surface area contributed by atoms with E-state index in [1.807, 2.05) is 0 Å². The van der Waals surface area contributed by atoms with Gasteiger partial charge in [-0.1, -0.05) is 12.1 Å². The Hall–Kier alpha value is -3.41. The monoisotopic (exact) mass is 571 g/mol. The Labute approximate surface area is 227 Å². The maximum absolute atomic E-state index is 13.2. The molecule has 2 N–H and O–H groups in total. The molecule has 8 nitrogen and oxygen atoms in total. The molecule has 2 unspecified atom stereocenters. The van der Waals surface area contributed by atoms with E-state index in [1.54, 1.807) is 32.9 Å². The van der Waals surface area contributed by atoms with Crippen molar-refractivity contribution in [2.45, 2.75) is 81.0 Å². The first-order chi connectivity index (χ1) is 18.0. The summed E-state index contributed by atoms with van der Waals surface area (Å²) < 4.78 is 62.5. The van der Waals surface area contributed by atoms with Gasteiger partial charge in [-0.15, -0.1) is 0 Å². The molecule has 0 saturated carbocycles. The fourth-order valence-corrected chi connectivity index (χ4v) is 4.87. The van der Waals surface area contributed by atoms with Gasteiger partial charge in [0, 0.05) is 9.79 Å². The summed E-state index contributed by atoms with van der Waals surface area (Å²) in [5, 5.41) is 12.0. The van der Waals surface area contributed by atoms with Crippen LogP contribution < -0.4 is 5.32 Å². The van der Waals surface area contributed by atoms with E-state index in [0.717, 1.165) is 12.1 Å². The minimum Gasteiger partial charge on any atom is -0.479 e. The Morgan fingerprint density at radius 2 is 1.62 bits per heavy atom. The molecule has 2 aromatic rings. The molecule has 0 aliphatic heterocycles. The number of hydrogen-bond donors (Lipinski definition) is 2. The van der Waals surface area contributed by atoms with Crippen molar-refractivity contribution in [2.75, 3.05) is 6.61 Å². The number of benzene rings is 2. The molecule has 0 fully saturated rings. The molecule has 2 aromatic carbocycles. The molecule has 12 heteroatoms. The van der Waals surface area contributed by atoms with Gasteiger partial charge in [-0.2, -0.15) is 13.2 Å². The van der Waals surface area contributed by atoms with Crippen LogP contribution in [0.15, 0.2) is 52.3 Å². The molecule has 0 spiro atoms. The van der Waals surface area contributed by atoms with E-state index in [1.165, 1.54) is 32.0 Å². The Morgan fingerprint density at radius 3 is 2.13 bits per heavy atom. The number of halogens is 3. The van der Waals surface area contributed by atoms with Gasteiger partial charge in [0.1, 0.15) is 5.60 Å². The molecule has 0 radical (unpaired) electrons. The second-order valence-electron chi connectivity index (χ2n) is 9.86. The fraction of sp³-hybridized carbons (Fsp3) is 0.444. The molecule has 0 aliphatic carbocycles. The number of aryl methyl sites for hydroxylation is 2. The lowest BCUT2D eigenvalue weighted by Crippen LogP contribution is -2.61. The molecule has 0 aliphatic rings. The van der Waals surface area contributed by atoms with Gasteiger partial charge in [-0.3, -0.25) is 5.32 Å². The van der Waals surface area contributed by atoms with Crippen molar-refractivity contribution >= 4 is 28.8 Å². The van der Waals surface area contributed by atoms with Crippen molar-refractivity contribution in [2.24, 2.45) is 0 Å². The van der Waals surface area contributed by atoms with Crippen LogP contribution in [0.1, 0.15) is 57.2 Å². The number of carbonyl (C=O) groups is 3. The topological polar surface area (TPSA) is 119 Å². The number of rotatable bonds is 10. The maximum Gasteiger partial charge on any atom is 0.416 e. The van der Waals surface area contributed by atoms with Crippen LogP contribution in [0.25, 0.3) is 0 Å². The van der Waals surface area contributed by atoms with E-state index in [2.05, 4.69) is 5.32 Å². The minimum absolute atomic E-state index is 0.0176. The predicted molar refractivity (Wildman–Crippen MR) is 137 cm³/mol. The number of carboxylic acids is 1. The number of carbonyl (C=O) groups excluding carboxylic acids is 2. The predicted octanol–water partition coefficient (Wildman–Crippen LogP) is 5.41. The van der Waals surface area contributed by atoms with Crippen molar-refractivity contribution in [3.8, 4) is 0 Å². The molecule has 1 amide bonds. The van der Waals surface area contributed by atoms with Gasteiger partial charge in [-0.05, 0) is 95.3 Å². The van der Waals surface area contributed by atoms with E-state index >= 15 is 0 Å². The summed E-state index contributed by atoms with van der Waals surface area (Å²) >= 11 is 0. The van der Waals surface area contributed by atoms with E-state index in [9.17, 15) is 36.9 Å². The largest absolute Gasteiger partial charge is 0.479 e. The summed E-state index contributed by atoms with van der Waals surface area (Å²) in [4.78, 5) is 37.5. The number of ether oxygens (including phenoxy) is 2. The van der Waals surface area contributed by atoms with Crippen molar-refractivity contribution in [1.29, 1.82) is 0 Å². The highest BCUT2D eigenvalue weighted by Gasteiger charge is 2.49. The van der Waals surface area contributed by atoms with Crippen molar-refractivity contribution < 1.29 is 46.3 Å². The van der Waals surface area contributed by atoms with Gasteiger partial charge >= 0.3 is 24.2 Å². The van der Waals surface area contributed by atoms with Crippen LogP contribution in [0.5, 0.6) is 0 Å². The highest BCUT2D eigenvalue weighted by Crippen LogP contribution is 2.32. The third kappa shape index (κ3) is 8.81. The standard InChI is InChI=1S/C27H32F3NO7S/c1-6-37-23(34)26(22(32)33,31-24(35)38-25(3,4)5)13-7-8-18-9-11-20(12-10-18)39(36)21-15-17(2)14-19(16-21)27(28,29)30/h9-12,14-16H,6-8,13H2,1-5H3,(H,31,35)(H,32,33). The summed E-state index contributed by atoms with van der Waals surface area (Å²) in [5.74, 6) is -2.74. The number of aliphatic carboxylic acids is 1. The first-order valence-electron chi connectivity index (χ1n) is 12.1. The van der Waals surface area contributed by atoms with E-state index < -0.39 is 51.7 Å². The zero-order valence-electron chi connectivity index (χ0n) is 22.3. The summed E-state index contributed by atoms with van der Waals surface area (Å²) in [6.45, 7) is 7.65. The third-order valence-electron chi connectivity index (χ3n) is 5.45. The van der Waals surface area contributed by atoms with Crippen molar-refractivity contribution in [1.82, 2.24) is 5.32 Å². The summed E-state index contributed by atoms with van der Waals surface area (Å²) in [6, 6.07) is 9.51. The molecule has 0 saturated heterocycles. The number of alkyl halides is 3. The molecular formula is C27H32F3NO7S. The Morgan fingerprint density at radius 1 is 1.00 bits per heavy atom. The first-order valence-corrected chi connectivity index (χ1v) is 13.2. The Kier molecular flexibility index (Phi) is 10.3. The number of alkyl carbamates (subject to hydrolysis) is 1. The Balaban J connectivity index is 2.18. The molecule has 0 bridgehead atoms. The third-order valence-corrected chi connectivity index (χ3v) is 6.81. The highest BCUT2D eigenvalue weighted by molar-refractivity contribution is 7.85. The molecule has 2 rings (SSSR count). The average molecular weight is 572 g/mol. The molecule has 2 atom stereocenters. The summed E-state index contributed by atoms with van der Waals surface area (Å²) in [5.41, 5.74) is -3.17. The molecular weight excluding hydrogens is 539 g/mol. The number of amides is 1. The minimum atomic E-state index is -4.57. The van der Waals surface area contributed by atoms with Crippen molar-refractivity contribution in [3.63, 3.8) is 0 Å². The quantitative estimate of drug-likeness (QED) is 0.289. The summed E-state index contributed by atoms with van der Waals surface area (Å²) in [7, 11) is -1.86. The van der Waals surface area contributed by atoms with E-state index in [-0.39, 0.29) is 35.7 Å². The maximum atomic E-state index is 13.2. The fourth-order valence-electron chi connectivity index (χ4n) is 3.69. The van der Waals surface area contributed by atoms with Gasteiger partial charge in [0.05, 0.1) is 23.0 Å². The average Bonchev–Trinajstić information content (AvgIpc) is 2.81. The zero-order chi connectivity index (χ0) is 29.6. The normalized spacial score (nSPS) is 14.2. The Bertz CT molecular complexity index is 1220. The molecule has 39 heavy (non-hydrogen) atoms. The lowest BCUT2D eigenvalue weighted by atomic mass is 9.91. The van der Waals surface area contributed by atoms with Crippen LogP contribution in [0.3, 0.4) is 0 Å². The van der Waals surface area contributed by atoms with E-state index in [4.69, 9.17) is 9.47 Å². The van der Waals surface area contributed by atoms with E-state index in [0.29, 0.717) is 11.1 Å². The van der Waals surface area contributed by atoms with Crippen LogP contribution in [0.2, 0.25) is 0 Å². The lowest BCUT2D eigenvalue weighted by molar-refractivity contribution is -0.163. The molecule has 214 valence electrons. The SMILES string of the molecule is CCOC(=O)C(CCCc1ccc(S(=O)c2cc(C)cc(C(F)(F)F)c2)cc1)(NC(=O)OC(C)(C)C)C(=O)O. The number of nitrogens with one attached hydrogen (secondary N) is 1. The van der Waals surface area contributed by atoms with Gasteiger partial charge < -0.3 is 14.6 Å². The van der Waals surface area contributed by atoms with Crippen molar-refractivity contribution in [3.05, 3.63) is 59.2 Å².